The Bertz CT molecular complexity index is 2890. The predicted molar refractivity (Wildman–Crippen MR) is 331 cm³/mol. The largest absolute Gasteiger partial charge is 1.00 e. The zero-order chi connectivity index (χ0) is 61.4. The Morgan fingerprint density at radius 2 is 1.12 bits per heavy atom. The Kier molecular flexibility index (Phi) is 30.4. The van der Waals surface area contributed by atoms with E-state index in [0.717, 1.165) is 65.5 Å². The molecular weight excluding hydrogens is 1130 g/mol. The summed E-state index contributed by atoms with van der Waals surface area (Å²) >= 11 is 0. The van der Waals surface area contributed by atoms with E-state index in [-0.39, 0.29) is 90.1 Å². The normalized spacial score (nSPS) is 21.5. The van der Waals surface area contributed by atoms with Crippen molar-refractivity contribution in [2.24, 2.45) is 28.7 Å². The second kappa shape index (κ2) is 34.0. The summed E-state index contributed by atoms with van der Waals surface area (Å²) in [7, 11) is -6.12. The van der Waals surface area contributed by atoms with E-state index in [2.05, 4.69) is 73.4 Å². The fourth-order valence-corrected chi connectivity index (χ4v) is 9.26. The predicted octanol–water partition coefficient (Wildman–Crippen LogP) is 9.87. The first-order chi connectivity index (χ1) is 38.7. The maximum absolute atomic E-state index is 12.4. The number of carbonyl (C=O) groups excluding carboxylic acids is 2. The van der Waals surface area contributed by atoms with Crippen molar-refractivity contribution in [1.82, 2.24) is 35.1 Å². The number of rotatable bonds is 6. The molecule has 24 heteroatoms. The van der Waals surface area contributed by atoms with Crippen LogP contribution in [-0.4, -0.2) is 126 Å². The van der Waals surface area contributed by atoms with E-state index in [1.807, 2.05) is 110 Å². The van der Waals surface area contributed by atoms with Gasteiger partial charge in [-0.1, -0.05) is 41.2 Å². The summed E-state index contributed by atoms with van der Waals surface area (Å²) in [4.78, 5) is 47.5. The second-order valence-electron chi connectivity index (χ2n) is 24.7. The molecule has 17 nitrogen and oxygen atoms in total. The van der Waals surface area contributed by atoms with E-state index in [1.54, 1.807) is 57.4 Å². The van der Waals surface area contributed by atoms with Gasteiger partial charge in [-0.15, -0.1) is 0 Å². The van der Waals surface area contributed by atoms with Gasteiger partial charge in [0.05, 0.1) is 16.9 Å². The zero-order valence-electron chi connectivity index (χ0n) is 53.4. The Morgan fingerprint density at radius 3 is 1.57 bits per heavy atom. The third-order valence-electron chi connectivity index (χ3n) is 14.1. The number of alkyl halides is 3. The molecule has 5 atom stereocenters. The first-order valence-electron chi connectivity index (χ1n) is 28.4. The van der Waals surface area contributed by atoms with Crippen molar-refractivity contribution in [3.8, 4) is 0 Å². The summed E-state index contributed by atoms with van der Waals surface area (Å²) in [5, 5.41) is 3.56. The van der Waals surface area contributed by atoms with Gasteiger partial charge >= 0.3 is 64.5 Å². The van der Waals surface area contributed by atoms with Crippen LogP contribution in [0, 0.1) is 23.7 Å². The number of pyridine rings is 4. The SMILES string of the molecule is C.CC1(C)OB(c2ccncc2)OC1(C)C.CC1CC=C(OS(=O)(=O)C(F)(F)F)N(C(=O)OC(C)(C)C)C1.CC1CC=C(c2ccncc2)N(C(=O)OC(C)(C)C)C1.CC1CCC(c2ccncc2)=NC1.C[C@@H]1CC[C@@H](c2ccncc2)NC1.[B].[H-].[Na+]. The number of allylic oxidation sites excluding steroid dienone is 2. The van der Waals surface area contributed by atoms with E-state index in [9.17, 15) is 31.2 Å². The summed E-state index contributed by atoms with van der Waals surface area (Å²) in [5.74, 6) is 1.26. The third-order valence-corrected chi connectivity index (χ3v) is 15.1. The second-order valence-corrected chi connectivity index (χ2v) is 26.2. The summed E-state index contributed by atoms with van der Waals surface area (Å²) in [5.41, 5.74) is -0.698. The standard InChI is InChI=1S/C16H22N2O2.C12H18F3NO5S.C11H16BNO2.C11H16N2.C11H14N2.CH4.B.Na.H/c1-12-5-6-14(13-7-9-17-10-8-13)18(11-12)15(19)20-16(2,3)4;1-8-5-6-9(21-22(18,19)12(13,14)15)16(7-8)10(17)20-11(2,3)4;1-10(2)11(3,4)15-12(14-10)9-5-7-13-8-6-9;2*1-9-2-3-11(13-8-9)10-4-6-12-7-5-10;;;;/h6-10,12H,5,11H2,1-4H3;6,8H,5,7H2,1-4H3;5-8H,1-4H3;4-7,9,11,13H,2-3,8H2,1H3;4-7,9H,2-3,8H2,1H3;1H4;;;/q;;;;;;;+1;-1/t;;;9-,11+;;;;;/m...1...../s1. The quantitative estimate of drug-likeness (QED) is 0.109. The van der Waals surface area contributed by atoms with E-state index in [4.69, 9.17) is 18.8 Å². The van der Waals surface area contributed by atoms with Crippen LogP contribution in [0.25, 0.3) is 5.70 Å². The average Bonchev–Trinajstić information content (AvgIpc) is 1.80. The number of carbonyl (C=O) groups is 2. The minimum atomic E-state index is -5.84. The summed E-state index contributed by atoms with van der Waals surface area (Å²) in [6.45, 7) is 29.8. The van der Waals surface area contributed by atoms with Crippen molar-refractivity contribution in [2.45, 2.75) is 177 Å². The van der Waals surface area contributed by atoms with Crippen LogP contribution in [0.1, 0.15) is 167 Å². The fourth-order valence-electron chi connectivity index (χ4n) is 8.78. The first-order valence-corrected chi connectivity index (χ1v) is 29.8. The van der Waals surface area contributed by atoms with E-state index >= 15 is 0 Å². The van der Waals surface area contributed by atoms with Gasteiger partial charge in [0.2, 0.25) is 5.88 Å². The van der Waals surface area contributed by atoms with Crippen molar-refractivity contribution >= 4 is 54.7 Å². The molecule has 9 rings (SSSR count). The van der Waals surface area contributed by atoms with Crippen LogP contribution in [0.3, 0.4) is 0 Å². The number of aliphatic imine (C=N–C) groups is 1. The summed E-state index contributed by atoms with van der Waals surface area (Å²) < 4.78 is 85.8. The van der Waals surface area contributed by atoms with Gasteiger partial charge in [-0.25, -0.2) is 14.5 Å². The van der Waals surface area contributed by atoms with Crippen LogP contribution in [-0.2, 0) is 33.1 Å². The molecule has 2 amide bonds. The molecular formula is C62H91B2F3N8NaO9S. The number of nitrogens with one attached hydrogen (secondary N) is 1. The molecule has 3 unspecified atom stereocenters. The molecule has 2 saturated heterocycles. The number of hydrogen-bond donors (Lipinski definition) is 1. The van der Waals surface area contributed by atoms with Crippen molar-refractivity contribution in [1.29, 1.82) is 0 Å². The van der Waals surface area contributed by atoms with Crippen molar-refractivity contribution in [3.05, 3.63) is 133 Å². The molecule has 2 fully saturated rings. The van der Waals surface area contributed by atoms with Gasteiger partial charge < -0.3 is 29.7 Å². The van der Waals surface area contributed by atoms with Gasteiger partial charge in [-0.3, -0.25) is 29.8 Å². The molecule has 86 heavy (non-hydrogen) atoms. The summed E-state index contributed by atoms with van der Waals surface area (Å²) in [6.07, 6.45) is 22.6. The number of piperidine rings is 1. The minimum Gasteiger partial charge on any atom is -1.00 e. The van der Waals surface area contributed by atoms with Crippen LogP contribution in [0.15, 0.2) is 121 Å². The number of hydrogen-bond acceptors (Lipinski definition) is 15. The molecule has 0 aliphatic carbocycles. The van der Waals surface area contributed by atoms with Gasteiger partial charge in [0.25, 0.3) is 0 Å². The van der Waals surface area contributed by atoms with Crippen molar-refractivity contribution in [3.63, 3.8) is 0 Å². The molecule has 0 aromatic carbocycles. The third kappa shape index (κ3) is 24.4. The van der Waals surface area contributed by atoms with Gasteiger partial charge in [-0.2, -0.15) is 21.6 Å². The first kappa shape index (κ1) is 76.9. The van der Waals surface area contributed by atoms with Crippen molar-refractivity contribution < 1.29 is 85.1 Å². The van der Waals surface area contributed by atoms with E-state index < -0.39 is 38.8 Å². The van der Waals surface area contributed by atoms with Crippen LogP contribution in [0.5, 0.6) is 0 Å². The molecule has 9 heterocycles. The fraction of sp³-hybridized carbons (Fsp3) is 0.565. The molecule has 467 valence electrons. The molecule has 5 aliphatic heterocycles. The number of nitrogens with zero attached hydrogens (tertiary/aromatic N) is 7. The molecule has 4 aromatic rings. The molecule has 1 N–H and O–H groups in total. The van der Waals surface area contributed by atoms with Crippen molar-refractivity contribution in [2.75, 3.05) is 26.2 Å². The average molecular weight is 1230 g/mol. The monoisotopic (exact) mass is 1230 g/mol. The van der Waals surface area contributed by atoms with Gasteiger partial charge in [0.1, 0.15) is 11.2 Å². The van der Waals surface area contributed by atoms with Gasteiger partial charge in [0.15, 0.2) is 0 Å². The summed E-state index contributed by atoms with van der Waals surface area (Å²) in [6, 6.07) is 16.5. The Balaban J connectivity index is 0.000000545. The van der Waals surface area contributed by atoms with Crippen LogP contribution in [0.4, 0.5) is 22.8 Å². The molecule has 4 aromatic heterocycles. The van der Waals surface area contributed by atoms with E-state index in [1.165, 1.54) is 36.1 Å². The Hall–Kier alpha value is -5.16. The van der Waals surface area contributed by atoms with Crippen LogP contribution < -0.4 is 40.3 Å². The molecule has 0 spiro atoms. The molecule has 3 radical (unpaired) electrons. The number of amides is 2. The smallest absolute Gasteiger partial charge is 1.00 e. The maximum Gasteiger partial charge on any atom is 1.00 e. The number of aromatic nitrogens is 4. The van der Waals surface area contributed by atoms with Crippen LogP contribution in [0.2, 0.25) is 0 Å². The van der Waals surface area contributed by atoms with Gasteiger partial charge in [0, 0.05) is 94.9 Å². The zero-order valence-corrected chi connectivity index (χ0v) is 55.2. The van der Waals surface area contributed by atoms with Gasteiger partial charge in [-0.05, 0) is 209 Å². The number of halogens is 3. The molecule has 0 bridgehead atoms. The number of ether oxygens (including phenoxy) is 2. The van der Waals surface area contributed by atoms with Crippen LogP contribution >= 0.6 is 0 Å². The Labute approximate surface area is 536 Å². The minimum absolute atomic E-state index is 0. The Morgan fingerprint density at radius 1 is 0.663 bits per heavy atom. The van der Waals surface area contributed by atoms with E-state index in [0.29, 0.717) is 18.5 Å². The topological polar surface area (TPSA) is 197 Å². The molecule has 5 aliphatic rings. The maximum atomic E-state index is 12.4. The molecule has 0 saturated carbocycles.